The molecule has 1 aliphatic heterocycles. The van der Waals surface area contributed by atoms with Gasteiger partial charge in [0.25, 0.3) is 0 Å². The fraction of sp³-hybridized carbons (Fsp3) is 0.222. The molecular formula is C18H18N+. The lowest BCUT2D eigenvalue weighted by atomic mass is 9.82. The van der Waals surface area contributed by atoms with Crippen LogP contribution in [0.3, 0.4) is 0 Å². The first-order valence-corrected chi connectivity index (χ1v) is 7.04. The molecule has 0 bridgehead atoms. The van der Waals surface area contributed by atoms with Crippen LogP contribution in [0.25, 0.3) is 27.7 Å². The van der Waals surface area contributed by atoms with E-state index >= 15 is 0 Å². The lowest BCUT2D eigenvalue weighted by molar-refractivity contribution is -0.645. The summed E-state index contributed by atoms with van der Waals surface area (Å²) in [6.45, 7) is 4.62. The van der Waals surface area contributed by atoms with E-state index in [1.165, 1.54) is 32.3 Å². The lowest BCUT2D eigenvalue weighted by Crippen LogP contribution is -2.90. The highest BCUT2D eigenvalue weighted by Crippen LogP contribution is 2.33. The summed E-state index contributed by atoms with van der Waals surface area (Å²) in [5, 5.41) is 9.34. The van der Waals surface area contributed by atoms with Gasteiger partial charge in [0.15, 0.2) is 0 Å². The highest BCUT2D eigenvalue weighted by Gasteiger charge is 2.32. The third-order valence-corrected chi connectivity index (χ3v) is 4.79. The van der Waals surface area contributed by atoms with Crippen molar-refractivity contribution in [3.8, 4) is 0 Å². The first-order valence-electron chi connectivity index (χ1n) is 7.04. The van der Waals surface area contributed by atoms with Crippen LogP contribution in [0, 0.1) is 0 Å². The number of nitrogens with two attached hydrogens (primary N) is 1. The molecule has 3 aromatic carbocycles. The van der Waals surface area contributed by atoms with Gasteiger partial charge in [0.1, 0.15) is 11.7 Å². The van der Waals surface area contributed by atoms with E-state index in [4.69, 9.17) is 0 Å². The van der Waals surface area contributed by atoms with Gasteiger partial charge in [0.05, 0.1) is 0 Å². The molecule has 0 saturated carbocycles. The van der Waals surface area contributed by atoms with Crippen molar-refractivity contribution in [3.05, 3.63) is 53.2 Å². The number of rotatable bonds is 1. The Labute approximate surface area is 112 Å². The fourth-order valence-electron chi connectivity index (χ4n) is 3.40. The predicted octanol–water partition coefficient (Wildman–Crippen LogP) is 2.65. The minimum absolute atomic E-state index is 0.172. The van der Waals surface area contributed by atoms with Gasteiger partial charge in [-0.25, -0.2) is 0 Å². The highest BCUT2D eigenvalue weighted by atomic mass is 14.9. The Kier molecular flexibility index (Phi) is 2.07. The molecule has 0 spiro atoms. The molecule has 0 amide bonds. The molecule has 1 aliphatic rings. The molecule has 2 N–H and O–H groups in total. The van der Waals surface area contributed by atoms with Gasteiger partial charge in [0, 0.05) is 22.6 Å². The van der Waals surface area contributed by atoms with Crippen LogP contribution in [-0.4, -0.2) is 0 Å². The average Bonchev–Trinajstić information content (AvgIpc) is 2.47. The summed E-state index contributed by atoms with van der Waals surface area (Å²) < 4.78 is 0. The monoisotopic (exact) mass is 248 g/mol. The molecule has 0 aliphatic carbocycles. The van der Waals surface area contributed by atoms with E-state index < -0.39 is 0 Å². The van der Waals surface area contributed by atoms with Gasteiger partial charge in [-0.05, 0) is 29.1 Å². The second-order valence-electron chi connectivity index (χ2n) is 5.83. The van der Waals surface area contributed by atoms with Crippen LogP contribution >= 0.6 is 0 Å². The number of benzene rings is 3. The number of quaternary nitrogens is 1. The molecule has 19 heavy (non-hydrogen) atoms. The van der Waals surface area contributed by atoms with Gasteiger partial charge in [0.2, 0.25) is 0 Å². The first kappa shape index (κ1) is 11.0. The van der Waals surface area contributed by atoms with Gasteiger partial charge in [-0.15, -0.1) is 0 Å². The Hall–Kier alpha value is -1.86. The topological polar surface area (TPSA) is 16.6 Å². The summed E-state index contributed by atoms with van der Waals surface area (Å²) in [4.78, 5) is 0. The second-order valence-corrected chi connectivity index (χ2v) is 5.83. The number of hydrogen-bond donors (Lipinski definition) is 1. The zero-order valence-electron chi connectivity index (χ0n) is 11.4. The van der Waals surface area contributed by atoms with Crippen molar-refractivity contribution < 1.29 is 5.32 Å². The first-order chi connectivity index (χ1) is 9.23. The van der Waals surface area contributed by atoms with Gasteiger partial charge >= 0.3 is 0 Å². The van der Waals surface area contributed by atoms with Crippen molar-refractivity contribution in [1.82, 2.24) is 0 Å². The quantitative estimate of drug-likeness (QED) is 0.682. The van der Waals surface area contributed by atoms with E-state index in [0.29, 0.717) is 0 Å². The summed E-state index contributed by atoms with van der Waals surface area (Å²) in [6.07, 6.45) is 3.44. The Morgan fingerprint density at radius 3 is 2.42 bits per heavy atom. The maximum Gasteiger partial charge on any atom is 0.123 e. The van der Waals surface area contributed by atoms with Crippen LogP contribution in [-0.2, 0) is 5.54 Å². The van der Waals surface area contributed by atoms with E-state index in [-0.39, 0.29) is 5.54 Å². The van der Waals surface area contributed by atoms with E-state index in [2.05, 4.69) is 67.8 Å². The average molecular weight is 248 g/mol. The van der Waals surface area contributed by atoms with Crippen LogP contribution in [0.15, 0.2) is 42.5 Å². The van der Waals surface area contributed by atoms with Crippen LogP contribution in [0.1, 0.15) is 25.8 Å². The summed E-state index contributed by atoms with van der Waals surface area (Å²) in [7, 11) is 0. The van der Waals surface area contributed by atoms with E-state index in [1.807, 2.05) is 0 Å². The SMILES string of the molecule is CCC1(C)[NH2+]C=c2ccc3cccc4ccc1c2c43. The largest absolute Gasteiger partial charge is 0.311 e. The Morgan fingerprint density at radius 1 is 0.947 bits per heavy atom. The molecule has 0 radical (unpaired) electrons. The molecule has 1 atom stereocenters. The summed E-state index contributed by atoms with van der Waals surface area (Å²) in [5.74, 6) is 0. The summed E-state index contributed by atoms with van der Waals surface area (Å²) in [5.41, 5.74) is 1.66. The van der Waals surface area contributed by atoms with Gasteiger partial charge in [-0.1, -0.05) is 43.3 Å². The minimum atomic E-state index is 0.172. The van der Waals surface area contributed by atoms with Crippen molar-refractivity contribution in [1.29, 1.82) is 0 Å². The third kappa shape index (κ3) is 1.34. The standard InChI is InChI=1S/C18H17N/c1-3-18(2)15-10-9-13-6-4-5-12-7-8-14(11-19-18)17(15)16(12)13/h4-11,19H,3H2,1-2H3/p+1. The Balaban J connectivity index is 2.30. The molecule has 1 heterocycles. The molecule has 0 fully saturated rings. The van der Waals surface area contributed by atoms with Crippen molar-refractivity contribution in [2.75, 3.05) is 0 Å². The van der Waals surface area contributed by atoms with Crippen LogP contribution in [0.4, 0.5) is 0 Å². The Bertz CT molecular complexity index is 831. The molecule has 1 unspecified atom stereocenters. The molecule has 4 rings (SSSR count). The minimum Gasteiger partial charge on any atom is -0.311 e. The zero-order valence-corrected chi connectivity index (χ0v) is 11.4. The molecule has 0 aromatic heterocycles. The molecule has 3 aromatic rings. The normalized spacial score (nSPS) is 21.8. The van der Waals surface area contributed by atoms with Crippen molar-refractivity contribution in [2.45, 2.75) is 25.8 Å². The molecular weight excluding hydrogens is 230 g/mol. The number of hydrogen-bond acceptors (Lipinski definition) is 0. The van der Waals surface area contributed by atoms with E-state index in [1.54, 1.807) is 0 Å². The third-order valence-electron chi connectivity index (χ3n) is 4.79. The maximum absolute atomic E-state index is 2.37. The molecule has 1 heteroatoms. The zero-order chi connectivity index (χ0) is 13.0. The fourth-order valence-corrected chi connectivity index (χ4v) is 3.40. The van der Waals surface area contributed by atoms with Crippen molar-refractivity contribution >= 4 is 27.7 Å². The lowest BCUT2D eigenvalue weighted by Gasteiger charge is -2.29. The van der Waals surface area contributed by atoms with Crippen molar-refractivity contribution in [2.24, 2.45) is 0 Å². The molecule has 0 saturated heterocycles. The smallest absolute Gasteiger partial charge is 0.123 e. The van der Waals surface area contributed by atoms with E-state index in [0.717, 1.165) is 6.42 Å². The highest BCUT2D eigenvalue weighted by molar-refractivity contribution is 6.11. The van der Waals surface area contributed by atoms with Crippen molar-refractivity contribution in [3.63, 3.8) is 0 Å². The van der Waals surface area contributed by atoms with Gasteiger partial charge in [-0.2, -0.15) is 0 Å². The van der Waals surface area contributed by atoms with Crippen LogP contribution in [0.2, 0.25) is 0 Å². The summed E-state index contributed by atoms with van der Waals surface area (Å²) >= 11 is 0. The molecule has 1 nitrogen and oxygen atoms in total. The van der Waals surface area contributed by atoms with Gasteiger partial charge < -0.3 is 5.32 Å². The van der Waals surface area contributed by atoms with Crippen LogP contribution in [0.5, 0.6) is 0 Å². The Morgan fingerprint density at radius 2 is 1.68 bits per heavy atom. The summed E-state index contributed by atoms with van der Waals surface area (Å²) in [6, 6.07) is 15.7. The predicted molar refractivity (Wildman–Crippen MR) is 80.7 cm³/mol. The second kappa shape index (κ2) is 3.58. The maximum atomic E-state index is 2.37. The van der Waals surface area contributed by atoms with Gasteiger partial charge in [-0.3, -0.25) is 0 Å². The molecule has 94 valence electrons. The van der Waals surface area contributed by atoms with Crippen LogP contribution < -0.4 is 10.5 Å². The van der Waals surface area contributed by atoms with E-state index in [9.17, 15) is 0 Å².